The second-order valence-corrected chi connectivity index (χ2v) is 17.1. The second kappa shape index (κ2) is 15.3. The Labute approximate surface area is 320 Å². The summed E-state index contributed by atoms with van der Waals surface area (Å²) in [6.45, 7) is 3.05. The van der Waals surface area contributed by atoms with Crippen LogP contribution in [0.25, 0.3) is 22.0 Å². The number of pyridine rings is 1. The molecular weight excluding hydrogens is 765 g/mol. The Hall–Kier alpha value is -4.42. The third-order valence-electron chi connectivity index (χ3n) is 9.42. The predicted molar refractivity (Wildman–Crippen MR) is 198 cm³/mol. The number of ketones is 1. The van der Waals surface area contributed by atoms with Crippen LogP contribution in [-0.2, 0) is 38.6 Å². The highest BCUT2D eigenvalue weighted by Crippen LogP contribution is 2.46. The number of ether oxygens (including phenoxy) is 1. The number of allylic oxidation sites excluding steroid dienone is 2. The van der Waals surface area contributed by atoms with Crippen molar-refractivity contribution in [2.75, 3.05) is 19.5 Å². The molecule has 2 atom stereocenters. The maximum absolute atomic E-state index is 14.6. The van der Waals surface area contributed by atoms with Gasteiger partial charge in [-0.2, -0.15) is 18.3 Å². The van der Waals surface area contributed by atoms with Gasteiger partial charge in [-0.25, -0.2) is 22.2 Å². The molecular formula is C40H37ClF5N3O5S. The zero-order valence-corrected chi connectivity index (χ0v) is 31.9. The van der Waals surface area contributed by atoms with Crippen LogP contribution in [0.4, 0.5) is 22.0 Å². The molecule has 0 amide bonds. The minimum Gasteiger partial charge on any atom is -0.378 e. The number of fused-ring (bicyclic) bond motifs is 1. The first-order valence-corrected chi connectivity index (χ1v) is 19.7. The molecule has 0 fully saturated rings. The van der Waals surface area contributed by atoms with Crippen molar-refractivity contribution >= 4 is 38.1 Å². The van der Waals surface area contributed by atoms with Crippen LogP contribution in [0.3, 0.4) is 0 Å². The Morgan fingerprint density at radius 1 is 1.11 bits per heavy atom. The van der Waals surface area contributed by atoms with Gasteiger partial charge in [0.25, 0.3) is 0 Å². The van der Waals surface area contributed by atoms with Crippen LogP contribution in [0.1, 0.15) is 61.7 Å². The van der Waals surface area contributed by atoms with Crippen LogP contribution in [0.5, 0.6) is 0 Å². The predicted octanol–water partition coefficient (Wildman–Crippen LogP) is 7.74. The molecule has 6 rings (SSSR count). The van der Waals surface area contributed by atoms with Gasteiger partial charge in [0.2, 0.25) is 0 Å². The van der Waals surface area contributed by atoms with E-state index in [1.54, 1.807) is 31.3 Å². The molecule has 1 aliphatic heterocycles. The fourth-order valence-electron chi connectivity index (χ4n) is 7.30. The third-order valence-corrected chi connectivity index (χ3v) is 10.5. The molecule has 55 heavy (non-hydrogen) atoms. The summed E-state index contributed by atoms with van der Waals surface area (Å²) in [5, 5.41) is 15.4. The molecule has 8 nitrogen and oxygen atoms in total. The molecule has 0 radical (unpaired) electrons. The van der Waals surface area contributed by atoms with Crippen LogP contribution in [-0.4, -0.2) is 65.3 Å². The van der Waals surface area contributed by atoms with Crippen LogP contribution >= 0.6 is 11.6 Å². The maximum Gasteiger partial charge on any atom is 0.416 e. The number of carbonyl (C=O) groups is 1. The number of hydrogen-bond donors (Lipinski definition) is 1. The van der Waals surface area contributed by atoms with Crippen LogP contribution in [0.15, 0.2) is 65.3 Å². The molecule has 3 heterocycles. The van der Waals surface area contributed by atoms with Crippen molar-refractivity contribution in [3.8, 4) is 23.0 Å². The van der Waals surface area contributed by atoms with Crippen molar-refractivity contribution in [2.24, 2.45) is 13.0 Å². The van der Waals surface area contributed by atoms with Crippen molar-refractivity contribution in [1.82, 2.24) is 14.8 Å². The van der Waals surface area contributed by atoms with Gasteiger partial charge in [0, 0.05) is 60.6 Å². The highest BCUT2D eigenvalue weighted by molar-refractivity contribution is 7.89. The van der Waals surface area contributed by atoms with E-state index in [9.17, 15) is 40.3 Å². The lowest BCUT2D eigenvalue weighted by atomic mass is 9.84. The minimum atomic E-state index is -4.61. The number of benzene rings is 2. The molecule has 1 N–H and O–H groups in total. The molecule has 2 aromatic heterocycles. The van der Waals surface area contributed by atoms with Gasteiger partial charge in [-0.05, 0) is 79.7 Å². The molecule has 2 aromatic carbocycles. The number of alkyl halides is 3. The van der Waals surface area contributed by atoms with Crippen molar-refractivity contribution in [3.05, 3.63) is 105 Å². The summed E-state index contributed by atoms with van der Waals surface area (Å²) in [6, 6.07) is 9.49. The molecule has 0 bridgehead atoms. The number of aliphatic hydroxyl groups is 1. The third kappa shape index (κ3) is 9.35. The second-order valence-electron chi connectivity index (χ2n) is 14.5. The van der Waals surface area contributed by atoms with Crippen LogP contribution in [0, 0.1) is 29.4 Å². The van der Waals surface area contributed by atoms with Gasteiger partial charge in [-0.1, -0.05) is 29.7 Å². The smallest absolute Gasteiger partial charge is 0.378 e. The van der Waals surface area contributed by atoms with Gasteiger partial charge in [0.05, 0.1) is 46.5 Å². The lowest BCUT2D eigenvalue weighted by molar-refractivity contribution is -0.120. The molecule has 2 aliphatic rings. The number of nitrogens with zero attached hydrogens (tertiary/aromatic N) is 3. The Bertz CT molecular complexity index is 2420. The van der Waals surface area contributed by atoms with E-state index in [1.807, 2.05) is 0 Å². The lowest BCUT2D eigenvalue weighted by Gasteiger charge is -2.23. The van der Waals surface area contributed by atoms with E-state index in [4.69, 9.17) is 21.3 Å². The van der Waals surface area contributed by atoms with Gasteiger partial charge in [0.15, 0.2) is 9.84 Å². The molecule has 0 spiro atoms. The monoisotopic (exact) mass is 801 g/mol. The molecule has 4 aromatic rings. The largest absolute Gasteiger partial charge is 0.416 e. The highest BCUT2D eigenvalue weighted by atomic mass is 35.5. The van der Waals surface area contributed by atoms with E-state index in [0.717, 1.165) is 24.5 Å². The first-order chi connectivity index (χ1) is 25.7. The Balaban J connectivity index is 1.51. The number of carbonyl (C=O) groups excluding carboxylic acids is 1. The zero-order valence-electron chi connectivity index (χ0n) is 30.3. The summed E-state index contributed by atoms with van der Waals surface area (Å²) in [4.78, 5) is 18.9. The van der Waals surface area contributed by atoms with Crippen molar-refractivity contribution < 1.29 is 45.0 Å². The average Bonchev–Trinajstić information content (AvgIpc) is 3.60. The average molecular weight is 802 g/mol. The van der Waals surface area contributed by atoms with Crippen molar-refractivity contribution in [2.45, 2.75) is 63.0 Å². The minimum absolute atomic E-state index is 0.0401. The summed E-state index contributed by atoms with van der Waals surface area (Å²) in [5.41, 5.74) is 0.601. The van der Waals surface area contributed by atoms with E-state index < -0.39 is 62.2 Å². The number of sulfone groups is 1. The Morgan fingerprint density at radius 2 is 1.80 bits per heavy atom. The van der Waals surface area contributed by atoms with Crippen LogP contribution < -0.4 is 0 Å². The quantitative estimate of drug-likeness (QED) is 0.129. The first kappa shape index (κ1) is 40.2. The summed E-state index contributed by atoms with van der Waals surface area (Å²) < 4.78 is 103. The summed E-state index contributed by atoms with van der Waals surface area (Å²) in [7, 11) is -1.92. The molecule has 290 valence electrons. The SMILES string of the molecule is Cn1nc(CS(C)(=O)=O)c2c(Cl)ccc(-c3ccc(C#CC(C)(C)O)nc3[C@@H](CC(=O)CC3C=C(C(F)(F)F)C4=C3COCC4)Cc3cc(F)cc(F)c3)c21. The molecule has 0 saturated carbocycles. The number of hydrogen-bond acceptors (Lipinski definition) is 7. The van der Waals surface area contributed by atoms with Gasteiger partial charge in [0.1, 0.15) is 28.7 Å². The standard InChI is InChI=1S/C40H37ClF5N3O5S/c1-39(2,51)11-9-27-5-6-30(31-7-8-34(41)36-35(21-55(4,52)53)48-49(3)38(31)36)37(47-27)24(13-22-14-25(42)19-26(43)15-22)17-28(50)16-23-18-33(40(44,45)46)29-10-12-54-20-32(23)29/h5-8,14-15,18-19,23-24,51H,10,12-13,16-17,20-21H2,1-4H3/t23?,24-/m1/s1. The number of halogens is 6. The van der Waals surface area contributed by atoms with E-state index in [0.29, 0.717) is 33.7 Å². The Morgan fingerprint density at radius 3 is 2.45 bits per heavy atom. The number of aryl methyl sites for hydroxylation is 1. The van der Waals surface area contributed by atoms with E-state index in [2.05, 4.69) is 16.9 Å². The Kier molecular flexibility index (Phi) is 11.2. The highest BCUT2D eigenvalue weighted by Gasteiger charge is 2.43. The summed E-state index contributed by atoms with van der Waals surface area (Å²) in [6.07, 6.45) is -3.09. The fraction of sp³-hybridized carbons (Fsp3) is 0.375. The summed E-state index contributed by atoms with van der Waals surface area (Å²) in [5.74, 6) is 1.24. The van der Waals surface area contributed by atoms with E-state index in [-0.39, 0.29) is 72.1 Å². The van der Waals surface area contributed by atoms with Crippen LogP contribution in [0.2, 0.25) is 5.02 Å². The van der Waals surface area contributed by atoms with Gasteiger partial charge in [-0.15, -0.1) is 0 Å². The molecule has 1 unspecified atom stereocenters. The number of aromatic nitrogens is 3. The number of Topliss-reactive ketones (excluding diaryl/α,β-unsaturated/α-hetero) is 1. The topological polar surface area (TPSA) is 111 Å². The molecule has 1 aliphatic carbocycles. The van der Waals surface area contributed by atoms with E-state index in [1.165, 1.54) is 18.5 Å². The van der Waals surface area contributed by atoms with Crippen molar-refractivity contribution in [1.29, 1.82) is 0 Å². The molecule has 15 heteroatoms. The van der Waals surface area contributed by atoms with Gasteiger partial charge >= 0.3 is 6.18 Å². The van der Waals surface area contributed by atoms with Gasteiger partial charge in [-0.3, -0.25) is 9.48 Å². The maximum atomic E-state index is 14.6. The summed E-state index contributed by atoms with van der Waals surface area (Å²) >= 11 is 6.64. The normalized spacial score (nSPS) is 16.9. The first-order valence-electron chi connectivity index (χ1n) is 17.3. The van der Waals surface area contributed by atoms with E-state index >= 15 is 0 Å². The lowest BCUT2D eigenvalue weighted by Crippen LogP contribution is -2.19. The molecule has 0 saturated heterocycles. The zero-order chi connectivity index (χ0) is 40.0. The van der Waals surface area contributed by atoms with Crippen molar-refractivity contribution in [3.63, 3.8) is 0 Å². The fourth-order valence-corrected chi connectivity index (χ4v) is 8.26. The van der Waals surface area contributed by atoms with Gasteiger partial charge < -0.3 is 9.84 Å². The number of rotatable bonds is 10.